The van der Waals surface area contributed by atoms with E-state index in [2.05, 4.69) is 4.98 Å². The Morgan fingerprint density at radius 2 is 1.81 bits per heavy atom. The summed E-state index contributed by atoms with van der Waals surface area (Å²) in [5, 5.41) is 1.51. The van der Waals surface area contributed by atoms with Crippen LogP contribution in [0.1, 0.15) is 29.9 Å². The van der Waals surface area contributed by atoms with Gasteiger partial charge < -0.3 is 18.9 Å². The number of hydrogen-bond acceptors (Lipinski definition) is 7. The molecule has 9 nitrogen and oxygen atoms in total. The van der Waals surface area contributed by atoms with Gasteiger partial charge in [0.1, 0.15) is 18.2 Å². The fraction of sp³-hybridized carbons (Fsp3) is 0.290. The van der Waals surface area contributed by atoms with Crippen LogP contribution in [0.5, 0.6) is 5.75 Å². The van der Waals surface area contributed by atoms with E-state index in [1.165, 1.54) is 15.7 Å². The average Bonchev–Trinajstić information content (AvgIpc) is 3.61. The second-order valence-electron chi connectivity index (χ2n) is 10.6. The highest BCUT2D eigenvalue weighted by Gasteiger charge is 2.27. The number of thiazole rings is 1. The lowest BCUT2D eigenvalue weighted by molar-refractivity contribution is -0.143. The lowest BCUT2D eigenvalue weighted by Gasteiger charge is -2.35. The summed E-state index contributed by atoms with van der Waals surface area (Å²) in [6.45, 7) is 5.15. The van der Waals surface area contributed by atoms with Crippen molar-refractivity contribution in [2.24, 2.45) is 0 Å². The fourth-order valence-corrected chi connectivity index (χ4v) is 6.42. The Balaban J connectivity index is 1.35. The summed E-state index contributed by atoms with van der Waals surface area (Å²) in [4.78, 5) is 39.3. The van der Waals surface area contributed by atoms with Gasteiger partial charge in [0.2, 0.25) is 17.4 Å². The number of hydrogen-bond donors (Lipinski definition) is 0. The minimum atomic E-state index is -0.378. The first-order valence-electron chi connectivity index (χ1n) is 13.9. The summed E-state index contributed by atoms with van der Waals surface area (Å²) < 4.78 is 15.0. The van der Waals surface area contributed by atoms with Gasteiger partial charge in [0.15, 0.2) is 5.69 Å². The van der Waals surface area contributed by atoms with Gasteiger partial charge in [-0.1, -0.05) is 59.6 Å². The number of aromatic nitrogens is 4. The summed E-state index contributed by atoms with van der Waals surface area (Å²) in [5.41, 5.74) is 1.84. The Hall–Kier alpha value is -3.70. The standard InChI is InChI=1S/C31H29Cl2N5O4S/c1-19-15-37(16-20(2)42-19)26(39)17-36-10-11-38-30(40)28(41-18-21-6-4-3-5-7-21)27(35-31(36)38)29-34-14-23(43-29)12-22-8-9-24(32)25(33)13-22/h3-11,13-14,19-20H,12,15-18H2,1-2H3. The molecule has 0 spiro atoms. The van der Waals surface area contributed by atoms with Crippen molar-refractivity contribution in [3.05, 3.63) is 104 Å². The average molecular weight is 639 g/mol. The minimum absolute atomic E-state index is 0.0342. The summed E-state index contributed by atoms with van der Waals surface area (Å²) in [5.74, 6) is 0.353. The monoisotopic (exact) mass is 637 g/mol. The molecule has 2 unspecified atom stereocenters. The van der Waals surface area contributed by atoms with Gasteiger partial charge in [-0.25, -0.2) is 14.4 Å². The molecule has 1 aliphatic rings. The fourth-order valence-electron chi connectivity index (χ4n) is 5.16. The van der Waals surface area contributed by atoms with E-state index in [4.69, 9.17) is 37.7 Å². The number of halogens is 2. The molecule has 6 rings (SSSR count). The zero-order chi connectivity index (χ0) is 30.1. The molecule has 4 heterocycles. The maximum atomic E-state index is 13.8. The van der Waals surface area contributed by atoms with E-state index in [9.17, 15) is 9.59 Å². The van der Waals surface area contributed by atoms with E-state index >= 15 is 0 Å². The third-order valence-corrected chi connectivity index (χ3v) is 8.87. The lowest BCUT2D eigenvalue weighted by Crippen LogP contribution is -2.49. The Morgan fingerprint density at radius 1 is 1.05 bits per heavy atom. The number of ether oxygens (including phenoxy) is 2. The van der Waals surface area contributed by atoms with Gasteiger partial charge in [0, 0.05) is 43.0 Å². The molecule has 1 amide bonds. The van der Waals surface area contributed by atoms with Crippen molar-refractivity contribution in [2.75, 3.05) is 13.1 Å². The summed E-state index contributed by atoms with van der Waals surface area (Å²) in [7, 11) is 0. The molecule has 2 atom stereocenters. The highest BCUT2D eigenvalue weighted by atomic mass is 35.5. The Kier molecular flexibility index (Phi) is 8.54. The van der Waals surface area contributed by atoms with E-state index in [1.807, 2.05) is 56.3 Å². The van der Waals surface area contributed by atoms with Crippen LogP contribution in [-0.2, 0) is 29.1 Å². The van der Waals surface area contributed by atoms with E-state index < -0.39 is 0 Å². The molecule has 1 aliphatic heterocycles. The Labute approximate surface area is 262 Å². The highest BCUT2D eigenvalue weighted by Crippen LogP contribution is 2.32. The minimum Gasteiger partial charge on any atom is -0.481 e. The molecule has 2 aromatic carbocycles. The van der Waals surface area contributed by atoms with Gasteiger partial charge in [0.25, 0.3) is 0 Å². The summed E-state index contributed by atoms with van der Waals surface area (Å²) in [6, 6.07) is 15.1. The molecular weight excluding hydrogens is 609 g/mol. The molecule has 0 bridgehead atoms. The van der Waals surface area contributed by atoms with Crippen LogP contribution in [0.15, 0.2) is 71.9 Å². The molecule has 1 fully saturated rings. The van der Waals surface area contributed by atoms with E-state index in [1.54, 1.807) is 34.1 Å². The van der Waals surface area contributed by atoms with Crippen molar-refractivity contribution in [3.8, 4) is 16.5 Å². The molecule has 3 aromatic heterocycles. The van der Waals surface area contributed by atoms with E-state index in [0.717, 1.165) is 16.0 Å². The molecule has 0 N–H and O–H groups in total. The van der Waals surface area contributed by atoms with Gasteiger partial charge in [-0.15, -0.1) is 11.3 Å². The van der Waals surface area contributed by atoms with Crippen LogP contribution in [0, 0.1) is 0 Å². The van der Waals surface area contributed by atoms with Crippen LogP contribution >= 0.6 is 34.5 Å². The molecule has 0 radical (unpaired) electrons. The Morgan fingerprint density at radius 3 is 2.56 bits per heavy atom. The van der Waals surface area contributed by atoms with Crippen molar-refractivity contribution in [1.29, 1.82) is 0 Å². The van der Waals surface area contributed by atoms with Crippen LogP contribution in [0.4, 0.5) is 0 Å². The van der Waals surface area contributed by atoms with Crippen LogP contribution < -0.4 is 10.3 Å². The maximum absolute atomic E-state index is 13.8. The number of benzene rings is 2. The molecule has 5 aromatic rings. The third-order valence-electron chi connectivity index (χ3n) is 7.13. The molecule has 0 aliphatic carbocycles. The predicted molar refractivity (Wildman–Crippen MR) is 167 cm³/mol. The number of rotatable bonds is 8. The highest BCUT2D eigenvalue weighted by molar-refractivity contribution is 7.15. The predicted octanol–water partition coefficient (Wildman–Crippen LogP) is 5.73. The summed E-state index contributed by atoms with van der Waals surface area (Å²) >= 11 is 13.7. The molecule has 0 saturated carbocycles. The largest absolute Gasteiger partial charge is 0.481 e. The number of carbonyl (C=O) groups is 1. The van der Waals surface area contributed by atoms with Gasteiger partial charge in [-0.05, 0) is 37.1 Å². The van der Waals surface area contributed by atoms with Gasteiger partial charge in [-0.2, -0.15) is 0 Å². The van der Waals surface area contributed by atoms with Gasteiger partial charge >= 0.3 is 5.56 Å². The first-order chi connectivity index (χ1) is 20.7. The van der Waals surface area contributed by atoms with Gasteiger partial charge in [-0.3, -0.25) is 9.59 Å². The molecule has 222 valence electrons. The van der Waals surface area contributed by atoms with Crippen molar-refractivity contribution < 1.29 is 14.3 Å². The zero-order valence-electron chi connectivity index (χ0n) is 23.6. The quantitative estimate of drug-likeness (QED) is 0.216. The van der Waals surface area contributed by atoms with Crippen LogP contribution in [0.25, 0.3) is 16.5 Å². The molecular formula is C31H29Cl2N5O4S. The van der Waals surface area contributed by atoms with E-state index in [-0.39, 0.29) is 42.6 Å². The number of imidazole rings is 1. The smallest absolute Gasteiger partial charge is 0.302 e. The lowest BCUT2D eigenvalue weighted by atomic mass is 10.1. The molecule has 12 heteroatoms. The Bertz CT molecular complexity index is 1830. The van der Waals surface area contributed by atoms with Crippen molar-refractivity contribution in [2.45, 2.75) is 45.6 Å². The van der Waals surface area contributed by atoms with Crippen molar-refractivity contribution in [3.63, 3.8) is 0 Å². The first kappa shape index (κ1) is 29.4. The van der Waals surface area contributed by atoms with Crippen LogP contribution in [0.3, 0.4) is 0 Å². The number of carbonyl (C=O) groups excluding carboxylic acids is 1. The van der Waals surface area contributed by atoms with Crippen molar-refractivity contribution in [1.82, 2.24) is 23.8 Å². The zero-order valence-corrected chi connectivity index (χ0v) is 25.9. The molecule has 1 saturated heterocycles. The number of morpholine rings is 1. The number of fused-ring (bicyclic) bond motifs is 1. The van der Waals surface area contributed by atoms with Crippen LogP contribution in [-0.4, -0.2) is 55.0 Å². The maximum Gasteiger partial charge on any atom is 0.302 e. The second-order valence-corrected chi connectivity index (χ2v) is 12.5. The van der Waals surface area contributed by atoms with Crippen molar-refractivity contribution >= 4 is 46.2 Å². The summed E-state index contributed by atoms with van der Waals surface area (Å²) in [6.07, 6.45) is 5.55. The second kappa shape index (κ2) is 12.5. The van der Waals surface area contributed by atoms with Crippen LogP contribution in [0.2, 0.25) is 10.0 Å². The first-order valence-corrected chi connectivity index (χ1v) is 15.4. The van der Waals surface area contributed by atoms with Gasteiger partial charge in [0.05, 0.1) is 22.3 Å². The number of amides is 1. The number of nitrogens with zero attached hydrogens (tertiary/aromatic N) is 5. The third kappa shape index (κ3) is 6.47. The SMILES string of the molecule is CC1CN(C(=O)Cn2ccn3c(=O)c(OCc4ccccc4)c(-c4ncc(Cc5ccc(Cl)c(Cl)c5)s4)nc23)CC(C)O1. The molecule has 43 heavy (non-hydrogen) atoms. The normalized spacial score (nSPS) is 17.0. The van der Waals surface area contributed by atoms with E-state index in [0.29, 0.717) is 46.0 Å². The topological polar surface area (TPSA) is 91.0 Å².